The summed E-state index contributed by atoms with van der Waals surface area (Å²) < 4.78 is 8.34. The molecule has 3 aromatic rings. The van der Waals surface area contributed by atoms with Gasteiger partial charge in [-0.25, -0.2) is 9.78 Å². The Morgan fingerprint density at radius 2 is 1.69 bits per heavy atom. The van der Waals surface area contributed by atoms with Gasteiger partial charge in [0.25, 0.3) is 0 Å². The molecule has 2 amide bonds. The van der Waals surface area contributed by atoms with E-state index in [0.717, 1.165) is 67.9 Å². The number of likely N-dealkylation sites (tertiary alicyclic amines) is 1. The third kappa shape index (κ3) is 4.74. The van der Waals surface area contributed by atoms with Gasteiger partial charge in [0.2, 0.25) is 0 Å². The molecule has 2 aromatic carbocycles. The Hall–Kier alpha value is -3.02. The molecule has 2 fully saturated rings. The van der Waals surface area contributed by atoms with Crippen LogP contribution in [0, 0.1) is 5.92 Å². The molecule has 0 unspecified atom stereocenters. The Balaban J connectivity index is 1.23. The van der Waals surface area contributed by atoms with Crippen molar-refractivity contribution in [2.24, 2.45) is 5.92 Å². The molecule has 6 nitrogen and oxygen atoms in total. The van der Waals surface area contributed by atoms with Crippen molar-refractivity contribution in [2.45, 2.75) is 57.7 Å². The van der Waals surface area contributed by atoms with Crippen molar-refractivity contribution in [1.29, 1.82) is 0 Å². The zero-order valence-corrected chi connectivity index (χ0v) is 18.6. The fourth-order valence-corrected chi connectivity index (χ4v) is 5.02. The first-order chi connectivity index (χ1) is 15.8. The second-order valence-corrected chi connectivity index (χ2v) is 9.09. The highest BCUT2D eigenvalue weighted by molar-refractivity contribution is 5.76. The quantitative estimate of drug-likeness (QED) is 0.598. The Morgan fingerprint density at radius 3 is 2.47 bits per heavy atom. The average molecular weight is 433 g/mol. The van der Waals surface area contributed by atoms with Crippen LogP contribution >= 0.6 is 0 Å². The van der Waals surface area contributed by atoms with E-state index in [1.807, 2.05) is 41.3 Å². The van der Waals surface area contributed by atoms with Crippen molar-refractivity contribution in [2.75, 3.05) is 13.1 Å². The van der Waals surface area contributed by atoms with Gasteiger partial charge < -0.3 is 19.5 Å². The summed E-state index contributed by atoms with van der Waals surface area (Å²) in [6.07, 6.45) is 6.77. The van der Waals surface area contributed by atoms with Crippen LogP contribution in [0.5, 0.6) is 5.75 Å². The molecular formula is C26H32N4O2. The van der Waals surface area contributed by atoms with Gasteiger partial charge in [0.05, 0.1) is 11.0 Å². The molecule has 1 aliphatic carbocycles. The lowest BCUT2D eigenvalue weighted by Gasteiger charge is -2.33. The molecule has 1 saturated carbocycles. The molecule has 0 bridgehead atoms. The number of imidazole rings is 1. The summed E-state index contributed by atoms with van der Waals surface area (Å²) in [6, 6.07) is 18.7. The predicted molar refractivity (Wildman–Crippen MR) is 126 cm³/mol. The number of benzene rings is 2. The normalized spacial score (nSPS) is 17.7. The lowest BCUT2D eigenvalue weighted by atomic mass is 9.96. The molecule has 2 aliphatic rings. The zero-order valence-electron chi connectivity index (χ0n) is 18.6. The summed E-state index contributed by atoms with van der Waals surface area (Å²) in [6.45, 7) is 3.00. The number of carbonyl (C=O) groups excluding carboxylic acids is 1. The molecule has 1 aromatic heterocycles. The van der Waals surface area contributed by atoms with Crippen LogP contribution in [0.4, 0.5) is 4.79 Å². The van der Waals surface area contributed by atoms with E-state index in [9.17, 15) is 4.79 Å². The van der Waals surface area contributed by atoms with Gasteiger partial charge in [-0.1, -0.05) is 43.2 Å². The van der Waals surface area contributed by atoms with Crippen LogP contribution in [0.1, 0.15) is 44.3 Å². The maximum Gasteiger partial charge on any atom is 0.317 e. The van der Waals surface area contributed by atoms with E-state index < -0.39 is 0 Å². The molecule has 1 aliphatic heterocycles. The number of carbonyl (C=O) groups is 1. The van der Waals surface area contributed by atoms with Gasteiger partial charge in [-0.15, -0.1) is 0 Å². The maximum atomic E-state index is 12.6. The van der Waals surface area contributed by atoms with E-state index >= 15 is 0 Å². The molecule has 0 spiro atoms. The van der Waals surface area contributed by atoms with Gasteiger partial charge in [0.15, 0.2) is 0 Å². The number of hydrogen-bond acceptors (Lipinski definition) is 3. The first-order valence-corrected chi connectivity index (χ1v) is 11.9. The molecule has 32 heavy (non-hydrogen) atoms. The minimum atomic E-state index is 0.125. The summed E-state index contributed by atoms with van der Waals surface area (Å²) in [5, 5.41) is 3.23. The molecule has 2 heterocycles. The molecule has 168 valence electrons. The van der Waals surface area contributed by atoms with Gasteiger partial charge >= 0.3 is 6.03 Å². The number of hydrogen-bond donors (Lipinski definition) is 1. The number of piperidine rings is 1. The average Bonchev–Trinajstić information content (AvgIpc) is 3.47. The van der Waals surface area contributed by atoms with Crippen LogP contribution in [0.15, 0.2) is 54.6 Å². The highest BCUT2D eigenvalue weighted by atomic mass is 16.5. The minimum absolute atomic E-state index is 0.125. The highest BCUT2D eigenvalue weighted by Gasteiger charge is 2.26. The summed E-state index contributed by atoms with van der Waals surface area (Å²) in [4.78, 5) is 19.5. The van der Waals surface area contributed by atoms with Gasteiger partial charge in [0, 0.05) is 25.7 Å². The smallest absolute Gasteiger partial charge is 0.317 e. The highest BCUT2D eigenvalue weighted by Crippen LogP contribution is 2.25. The summed E-state index contributed by atoms with van der Waals surface area (Å²) >= 11 is 0. The van der Waals surface area contributed by atoms with Crippen molar-refractivity contribution >= 4 is 17.1 Å². The second-order valence-electron chi connectivity index (χ2n) is 9.09. The predicted octanol–water partition coefficient (Wildman–Crippen LogP) is 4.98. The van der Waals surface area contributed by atoms with Crippen LogP contribution < -0.4 is 10.1 Å². The molecule has 1 N–H and O–H groups in total. The summed E-state index contributed by atoms with van der Waals surface area (Å²) in [7, 11) is 0. The lowest BCUT2D eigenvalue weighted by molar-refractivity contribution is 0.162. The first kappa shape index (κ1) is 20.9. The Kier molecular flexibility index (Phi) is 6.28. The van der Waals surface area contributed by atoms with Crippen molar-refractivity contribution < 1.29 is 9.53 Å². The van der Waals surface area contributed by atoms with E-state index in [4.69, 9.17) is 9.72 Å². The molecule has 0 radical (unpaired) electrons. The van der Waals surface area contributed by atoms with Crippen LogP contribution in [-0.4, -0.2) is 39.6 Å². The summed E-state index contributed by atoms with van der Waals surface area (Å²) in [5.41, 5.74) is 2.16. The largest absolute Gasteiger partial charge is 0.486 e. The van der Waals surface area contributed by atoms with Gasteiger partial charge in [-0.05, 0) is 55.9 Å². The Bertz CT molecular complexity index is 1030. The standard InChI is InChI=1S/C26H32N4O2/c31-26(27-21-8-4-5-9-21)29-16-14-20(15-17-29)18-30-24-13-7-6-12-23(24)28-25(30)19-32-22-10-2-1-3-11-22/h1-3,6-7,10-13,20-21H,4-5,8-9,14-19H2,(H,27,31). The molecule has 0 atom stereocenters. The first-order valence-electron chi connectivity index (χ1n) is 11.9. The number of para-hydroxylation sites is 3. The molecule has 5 rings (SSSR count). The van der Waals surface area contributed by atoms with Crippen molar-refractivity contribution in [1.82, 2.24) is 19.8 Å². The van der Waals surface area contributed by atoms with Gasteiger partial charge in [-0.2, -0.15) is 0 Å². The van der Waals surface area contributed by atoms with Gasteiger partial charge in [-0.3, -0.25) is 0 Å². The van der Waals surface area contributed by atoms with Crippen molar-refractivity contribution in [3.8, 4) is 5.75 Å². The Labute approximate surface area is 189 Å². The van der Waals surface area contributed by atoms with E-state index in [1.165, 1.54) is 12.8 Å². The number of nitrogens with one attached hydrogen (secondary N) is 1. The molecular weight excluding hydrogens is 400 g/mol. The second kappa shape index (κ2) is 9.63. The van der Waals surface area contributed by atoms with Crippen molar-refractivity contribution in [3.05, 3.63) is 60.4 Å². The van der Waals surface area contributed by atoms with E-state index in [-0.39, 0.29) is 6.03 Å². The fourth-order valence-electron chi connectivity index (χ4n) is 5.02. The number of aromatic nitrogens is 2. The SMILES string of the molecule is O=C(NC1CCCC1)N1CCC(Cn2c(COc3ccccc3)nc3ccccc32)CC1. The van der Waals surface area contributed by atoms with Gasteiger partial charge in [0.1, 0.15) is 18.2 Å². The third-order valence-electron chi connectivity index (χ3n) is 6.87. The van der Waals surface area contributed by atoms with Crippen LogP contribution in [-0.2, 0) is 13.2 Å². The summed E-state index contributed by atoms with van der Waals surface area (Å²) in [5.74, 6) is 2.34. The van der Waals surface area contributed by atoms with E-state index in [1.54, 1.807) is 0 Å². The molecule has 1 saturated heterocycles. The fraction of sp³-hybridized carbons (Fsp3) is 0.462. The minimum Gasteiger partial charge on any atom is -0.486 e. The zero-order chi connectivity index (χ0) is 21.8. The van der Waals surface area contributed by atoms with Crippen LogP contribution in [0.25, 0.3) is 11.0 Å². The number of urea groups is 1. The van der Waals surface area contributed by atoms with E-state index in [0.29, 0.717) is 18.6 Å². The van der Waals surface area contributed by atoms with Crippen molar-refractivity contribution in [3.63, 3.8) is 0 Å². The van der Waals surface area contributed by atoms with E-state index in [2.05, 4.69) is 28.1 Å². The molecule has 6 heteroatoms. The number of rotatable bonds is 6. The monoisotopic (exact) mass is 432 g/mol. The maximum absolute atomic E-state index is 12.6. The lowest BCUT2D eigenvalue weighted by Crippen LogP contribution is -2.47. The number of fused-ring (bicyclic) bond motifs is 1. The number of amides is 2. The van der Waals surface area contributed by atoms with Crippen LogP contribution in [0.2, 0.25) is 0 Å². The number of nitrogens with zero attached hydrogens (tertiary/aromatic N) is 3. The third-order valence-corrected chi connectivity index (χ3v) is 6.87. The number of ether oxygens (including phenoxy) is 1. The van der Waals surface area contributed by atoms with Crippen LogP contribution in [0.3, 0.4) is 0 Å². The Morgan fingerprint density at radius 1 is 0.969 bits per heavy atom. The topological polar surface area (TPSA) is 59.4 Å².